The normalized spacial score (nSPS) is 11.7. The fraction of sp³-hybridized carbons (Fsp3) is 0.0500. The molecule has 1 heterocycles. The highest BCUT2D eigenvalue weighted by Gasteiger charge is 2.31. The monoisotopic (exact) mass is 354 g/mol. The van der Waals surface area contributed by atoms with Crippen molar-refractivity contribution in [3.8, 4) is 28.3 Å². The summed E-state index contributed by atoms with van der Waals surface area (Å²) in [6.45, 7) is 0. The van der Waals surface area contributed by atoms with E-state index in [1.165, 1.54) is 12.1 Å². The average Bonchev–Trinajstić information content (AvgIpc) is 3.05. The van der Waals surface area contributed by atoms with Crippen LogP contribution in [0.2, 0.25) is 0 Å². The number of para-hydroxylation sites is 2. The van der Waals surface area contributed by atoms with Crippen molar-refractivity contribution < 1.29 is 17.9 Å². The molecule has 130 valence electrons. The molecular formula is C20H13F3N2O. The maximum atomic E-state index is 12.3. The molecule has 6 heteroatoms. The summed E-state index contributed by atoms with van der Waals surface area (Å²) in [5.41, 5.74) is 4.28. The Balaban J connectivity index is 1.74. The quantitative estimate of drug-likeness (QED) is 0.505. The number of aromatic nitrogens is 2. The molecule has 0 radical (unpaired) electrons. The predicted octanol–water partition coefficient (Wildman–Crippen LogP) is 5.80. The number of aromatic amines is 1. The van der Waals surface area contributed by atoms with Crippen molar-refractivity contribution in [3.63, 3.8) is 0 Å². The summed E-state index contributed by atoms with van der Waals surface area (Å²) in [4.78, 5) is 7.89. The van der Waals surface area contributed by atoms with Crippen LogP contribution in [-0.2, 0) is 0 Å². The molecule has 0 spiro atoms. The van der Waals surface area contributed by atoms with Gasteiger partial charge in [-0.2, -0.15) is 0 Å². The van der Waals surface area contributed by atoms with Crippen LogP contribution in [0.25, 0.3) is 33.5 Å². The van der Waals surface area contributed by atoms with Crippen molar-refractivity contribution in [1.29, 1.82) is 0 Å². The van der Waals surface area contributed by atoms with Crippen molar-refractivity contribution in [2.75, 3.05) is 0 Å². The SMILES string of the molecule is FC(F)(F)Oc1ccc(-c2ccccc2-c2nc3ccccc3[nH]2)cc1. The third-order valence-electron chi connectivity index (χ3n) is 3.97. The molecule has 4 rings (SSSR count). The molecule has 3 aromatic carbocycles. The molecule has 0 bridgehead atoms. The second-order valence-corrected chi connectivity index (χ2v) is 5.72. The Morgan fingerprint density at radius 2 is 1.42 bits per heavy atom. The third-order valence-corrected chi connectivity index (χ3v) is 3.97. The lowest BCUT2D eigenvalue weighted by Gasteiger charge is -2.11. The van der Waals surface area contributed by atoms with Crippen molar-refractivity contribution in [3.05, 3.63) is 72.8 Å². The summed E-state index contributed by atoms with van der Waals surface area (Å²) < 4.78 is 40.9. The van der Waals surface area contributed by atoms with Gasteiger partial charge in [-0.05, 0) is 35.4 Å². The lowest BCUT2D eigenvalue weighted by molar-refractivity contribution is -0.274. The van der Waals surface area contributed by atoms with E-state index in [0.29, 0.717) is 5.82 Å². The number of fused-ring (bicyclic) bond motifs is 1. The molecule has 1 aromatic heterocycles. The van der Waals surface area contributed by atoms with Crippen LogP contribution in [0.5, 0.6) is 5.75 Å². The first-order valence-corrected chi connectivity index (χ1v) is 7.90. The van der Waals surface area contributed by atoms with E-state index in [0.717, 1.165) is 27.7 Å². The average molecular weight is 354 g/mol. The van der Waals surface area contributed by atoms with E-state index in [1.807, 2.05) is 48.5 Å². The van der Waals surface area contributed by atoms with E-state index in [2.05, 4.69) is 14.7 Å². The van der Waals surface area contributed by atoms with Gasteiger partial charge in [0.05, 0.1) is 11.0 Å². The molecule has 1 N–H and O–H groups in total. The standard InChI is InChI=1S/C20H13F3N2O/c21-20(22,23)26-14-11-9-13(10-12-14)15-5-1-2-6-16(15)19-24-17-7-3-4-8-18(17)25-19/h1-12H,(H,24,25). The molecule has 0 atom stereocenters. The van der Waals surface area contributed by atoms with Crippen molar-refractivity contribution >= 4 is 11.0 Å². The van der Waals surface area contributed by atoms with Crippen LogP contribution in [0.3, 0.4) is 0 Å². The predicted molar refractivity (Wildman–Crippen MR) is 93.6 cm³/mol. The molecule has 0 aliphatic rings. The largest absolute Gasteiger partial charge is 0.573 e. The van der Waals surface area contributed by atoms with E-state index in [-0.39, 0.29) is 5.75 Å². The number of ether oxygens (including phenoxy) is 1. The summed E-state index contributed by atoms with van der Waals surface area (Å²) in [7, 11) is 0. The van der Waals surface area contributed by atoms with Crippen LogP contribution in [-0.4, -0.2) is 16.3 Å². The zero-order valence-corrected chi connectivity index (χ0v) is 13.4. The van der Waals surface area contributed by atoms with Gasteiger partial charge in [-0.1, -0.05) is 48.5 Å². The molecule has 0 aliphatic carbocycles. The number of alkyl halides is 3. The Kier molecular flexibility index (Phi) is 3.88. The lowest BCUT2D eigenvalue weighted by atomic mass is 9.99. The topological polar surface area (TPSA) is 37.9 Å². The molecule has 3 nitrogen and oxygen atoms in total. The van der Waals surface area contributed by atoms with Gasteiger partial charge < -0.3 is 9.72 Å². The van der Waals surface area contributed by atoms with Gasteiger partial charge in [0.25, 0.3) is 0 Å². The Hall–Kier alpha value is -3.28. The summed E-state index contributed by atoms with van der Waals surface area (Å²) in [6.07, 6.45) is -4.70. The maximum absolute atomic E-state index is 12.3. The number of imidazole rings is 1. The third kappa shape index (κ3) is 3.26. The van der Waals surface area contributed by atoms with Gasteiger partial charge in [0.15, 0.2) is 0 Å². The molecule has 26 heavy (non-hydrogen) atoms. The van der Waals surface area contributed by atoms with E-state index in [1.54, 1.807) is 12.1 Å². The summed E-state index contributed by atoms with van der Waals surface area (Å²) in [5, 5.41) is 0. The number of nitrogens with zero attached hydrogens (tertiary/aromatic N) is 1. The number of H-pyrrole nitrogens is 1. The van der Waals surface area contributed by atoms with Crippen LogP contribution < -0.4 is 4.74 Å². The van der Waals surface area contributed by atoms with Crippen molar-refractivity contribution in [1.82, 2.24) is 9.97 Å². The molecule has 4 aromatic rings. The van der Waals surface area contributed by atoms with E-state index in [9.17, 15) is 13.2 Å². The van der Waals surface area contributed by atoms with Crippen LogP contribution in [0.4, 0.5) is 13.2 Å². The maximum Gasteiger partial charge on any atom is 0.573 e. The molecule has 0 amide bonds. The Morgan fingerprint density at radius 3 is 2.12 bits per heavy atom. The number of halogens is 3. The smallest absolute Gasteiger partial charge is 0.406 e. The first kappa shape index (κ1) is 16.2. The number of benzene rings is 3. The van der Waals surface area contributed by atoms with Crippen LogP contribution in [0.15, 0.2) is 72.8 Å². The molecule has 0 unspecified atom stereocenters. The molecule has 0 fully saturated rings. The number of hydrogen-bond donors (Lipinski definition) is 1. The molecule has 0 saturated carbocycles. The van der Waals surface area contributed by atoms with Crippen LogP contribution in [0, 0.1) is 0 Å². The zero-order valence-electron chi connectivity index (χ0n) is 13.4. The van der Waals surface area contributed by atoms with Crippen LogP contribution >= 0.6 is 0 Å². The van der Waals surface area contributed by atoms with Gasteiger partial charge in [0.2, 0.25) is 0 Å². The van der Waals surface area contributed by atoms with E-state index in [4.69, 9.17) is 0 Å². The fourth-order valence-corrected chi connectivity index (χ4v) is 2.86. The van der Waals surface area contributed by atoms with Gasteiger partial charge >= 0.3 is 6.36 Å². The highest BCUT2D eigenvalue weighted by atomic mass is 19.4. The minimum absolute atomic E-state index is 0.248. The van der Waals surface area contributed by atoms with E-state index < -0.39 is 6.36 Å². The van der Waals surface area contributed by atoms with Crippen LogP contribution in [0.1, 0.15) is 0 Å². The Bertz CT molecular complexity index is 1020. The molecule has 0 aliphatic heterocycles. The van der Waals surface area contributed by atoms with Gasteiger partial charge in [-0.15, -0.1) is 13.2 Å². The van der Waals surface area contributed by atoms with Crippen molar-refractivity contribution in [2.24, 2.45) is 0 Å². The Labute approximate surface area is 147 Å². The molecular weight excluding hydrogens is 341 g/mol. The highest BCUT2D eigenvalue weighted by Crippen LogP contribution is 2.33. The van der Waals surface area contributed by atoms with Gasteiger partial charge in [0.1, 0.15) is 11.6 Å². The number of nitrogens with one attached hydrogen (secondary N) is 1. The zero-order chi connectivity index (χ0) is 18.1. The van der Waals surface area contributed by atoms with Gasteiger partial charge in [-0.25, -0.2) is 4.98 Å². The highest BCUT2D eigenvalue weighted by molar-refractivity contribution is 5.85. The van der Waals surface area contributed by atoms with E-state index >= 15 is 0 Å². The van der Waals surface area contributed by atoms with Gasteiger partial charge in [-0.3, -0.25) is 0 Å². The van der Waals surface area contributed by atoms with Gasteiger partial charge in [0, 0.05) is 5.56 Å². The second kappa shape index (κ2) is 6.22. The first-order chi connectivity index (χ1) is 12.5. The van der Waals surface area contributed by atoms with Crippen molar-refractivity contribution in [2.45, 2.75) is 6.36 Å². The number of rotatable bonds is 3. The Morgan fingerprint density at radius 1 is 0.769 bits per heavy atom. The second-order valence-electron chi connectivity index (χ2n) is 5.72. The minimum atomic E-state index is -4.70. The first-order valence-electron chi connectivity index (χ1n) is 7.90. The summed E-state index contributed by atoms with van der Waals surface area (Å²) >= 11 is 0. The summed E-state index contributed by atoms with van der Waals surface area (Å²) in [5.74, 6) is 0.458. The minimum Gasteiger partial charge on any atom is -0.406 e. The fourth-order valence-electron chi connectivity index (χ4n) is 2.86. The lowest BCUT2D eigenvalue weighted by Crippen LogP contribution is -2.16. The number of hydrogen-bond acceptors (Lipinski definition) is 2. The summed E-state index contributed by atoms with van der Waals surface area (Å²) in [6, 6.07) is 21.1. The molecule has 0 saturated heterocycles.